The molecular formula is C29H42N6O5. The summed E-state index contributed by atoms with van der Waals surface area (Å²) < 4.78 is 1.82. The van der Waals surface area contributed by atoms with Crippen LogP contribution in [0.2, 0.25) is 0 Å². The van der Waals surface area contributed by atoms with E-state index in [1.54, 1.807) is 0 Å². The van der Waals surface area contributed by atoms with Gasteiger partial charge in [-0.25, -0.2) is 4.79 Å². The zero-order valence-corrected chi connectivity index (χ0v) is 24.0. The van der Waals surface area contributed by atoms with E-state index in [1.807, 2.05) is 38.6 Å². The van der Waals surface area contributed by atoms with Gasteiger partial charge in [0.25, 0.3) is 0 Å². The molecule has 11 nitrogen and oxygen atoms in total. The number of hydrogen-bond acceptors (Lipinski definition) is 7. The number of aryl methyl sites for hydroxylation is 1. The molecular weight excluding hydrogens is 512 g/mol. The number of imide groups is 1. The van der Waals surface area contributed by atoms with Crippen LogP contribution in [0, 0.1) is 11.3 Å². The normalized spacial score (nSPS) is 25.5. The minimum Gasteiger partial charge on any atom is -0.465 e. The molecule has 3 aliphatic rings. The Hall–Kier alpha value is -3.18. The Labute approximate surface area is 235 Å². The molecule has 3 N–H and O–H groups in total. The predicted molar refractivity (Wildman–Crippen MR) is 151 cm³/mol. The maximum absolute atomic E-state index is 12.5. The molecule has 0 saturated carbocycles. The highest BCUT2D eigenvalue weighted by atomic mass is 16.4. The number of anilines is 1. The van der Waals surface area contributed by atoms with Gasteiger partial charge < -0.3 is 20.0 Å². The Bertz CT molecular complexity index is 1280. The van der Waals surface area contributed by atoms with Crippen LogP contribution in [0.25, 0.3) is 10.9 Å². The summed E-state index contributed by atoms with van der Waals surface area (Å²) in [7, 11) is 1.89. The molecule has 5 rings (SSSR count). The molecule has 3 aliphatic heterocycles. The van der Waals surface area contributed by atoms with E-state index in [1.165, 1.54) is 4.90 Å². The van der Waals surface area contributed by atoms with Gasteiger partial charge in [-0.3, -0.25) is 24.5 Å². The third kappa shape index (κ3) is 5.41. The largest absolute Gasteiger partial charge is 0.465 e. The van der Waals surface area contributed by atoms with Gasteiger partial charge in [0.05, 0.1) is 35.8 Å². The Morgan fingerprint density at radius 1 is 1.10 bits per heavy atom. The molecule has 3 saturated heterocycles. The van der Waals surface area contributed by atoms with Crippen molar-refractivity contribution in [3.63, 3.8) is 0 Å². The van der Waals surface area contributed by atoms with E-state index in [2.05, 4.69) is 32.3 Å². The number of piperazine rings is 1. The number of piperidine rings is 2. The highest BCUT2D eigenvalue weighted by molar-refractivity contribution is 6.02. The number of carbonyl (C=O) groups is 3. The van der Waals surface area contributed by atoms with E-state index >= 15 is 0 Å². The van der Waals surface area contributed by atoms with Crippen molar-refractivity contribution in [3.05, 3.63) is 23.9 Å². The number of aliphatic hydroxyl groups is 1. The third-order valence-corrected chi connectivity index (χ3v) is 9.02. The van der Waals surface area contributed by atoms with E-state index in [9.17, 15) is 24.6 Å². The molecule has 1 aromatic heterocycles. The molecule has 0 aliphatic carbocycles. The number of nitrogens with zero attached hydrogens (tertiary/aromatic N) is 5. The minimum atomic E-state index is -0.916. The molecule has 218 valence electrons. The van der Waals surface area contributed by atoms with Gasteiger partial charge in [-0.05, 0) is 48.8 Å². The van der Waals surface area contributed by atoms with Crippen LogP contribution < -0.4 is 10.2 Å². The van der Waals surface area contributed by atoms with Gasteiger partial charge >= 0.3 is 6.09 Å². The quantitative estimate of drug-likeness (QED) is 0.480. The van der Waals surface area contributed by atoms with E-state index in [0.717, 1.165) is 54.8 Å². The van der Waals surface area contributed by atoms with Gasteiger partial charge in [-0.2, -0.15) is 5.10 Å². The first-order chi connectivity index (χ1) is 19.0. The zero-order valence-electron chi connectivity index (χ0n) is 24.0. The van der Waals surface area contributed by atoms with Crippen molar-refractivity contribution in [1.29, 1.82) is 0 Å². The second-order valence-corrected chi connectivity index (χ2v) is 12.7. The van der Waals surface area contributed by atoms with Crippen LogP contribution in [0.5, 0.6) is 0 Å². The maximum Gasteiger partial charge on any atom is 0.407 e. The summed E-state index contributed by atoms with van der Waals surface area (Å²) in [5, 5.41) is 28.2. The second-order valence-electron chi connectivity index (χ2n) is 12.7. The minimum absolute atomic E-state index is 0.0594. The molecule has 0 bridgehead atoms. The molecule has 0 radical (unpaired) electrons. The van der Waals surface area contributed by atoms with Crippen LogP contribution in [0.15, 0.2) is 18.2 Å². The lowest BCUT2D eigenvalue weighted by atomic mass is 9.79. The lowest BCUT2D eigenvalue weighted by Crippen LogP contribution is -2.66. The third-order valence-electron chi connectivity index (χ3n) is 9.02. The number of nitrogens with one attached hydrogen (secondary N) is 1. The first-order valence-electron chi connectivity index (χ1n) is 14.4. The van der Waals surface area contributed by atoms with Gasteiger partial charge in [0.15, 0.2) is 0 Å². The van der Waals surface area contributed by atoms with E-state index < -0.39 is 12.0 Å². The first-order valence-corrected chi connectivity index (χ1v) is 14.4. The van der Waals surface area contributed by atoms with Crippen LogP contribution in [0.1, 0.15) is 58.1 Å². The van der Waals surface area contributed by atoms with E-state index in [-0.39, 0.29) is 35.9 Å². The number of aliphatic hydroxyl groups excluding tert-OH is 1. The van der Waals surface area contributed by atoms with Gasteiger partial charge in [0.2, 0.25) is 11.8 Å². The summed E-state index contributed by atoms with van der Waals surface area (Å²) >= 11 is 0. The van der Waals surface area contributed by atoms with Gasteiger partial charge in [0, 0.05) is 57.3 Å². The molecule has 2 unspecified atom stereocenters. The highest BCUT2D eigenvalue weighted by Gasteiger charge is 2.45. The van der Waals surface area contributed by atoms with Crippen molar-refractivity contribution >= 4 is 34.5 Å². The number of carboxylic acid groups (broad SMARTS) is 1. The summed E-state index contributed by atoms with van der Waals surface area (Å²) in [6, 6.07) is 5.80. The summed E-state index contributed by atoms with van der Waals surface area (Å²) in [5.74, 6) is -0.442. The number of benzene rings is 1. The Morgan fingerprint density at radius 3 is 2.45 bits per heavy atom. The molecule has 3 fully saturated rings. The second kappa shape index (κ2) is 11.0. The summed E-state index contributed by atoms with van der Waals surface area (Å²) in [6.07, 6.45) is 1.92. The zero-order chi connectivity index (χ0) is 28.8. The first kappa shape index (κ1) is 28.4. The topological polar surface area (TPSA) is 131 Å². The number of carbonyl (C=O) groups excluding carboxylic acids is 2. The van der Waals surface area contributed by atoms with Crippen LogP contribution in [-0.4, -0.2) is 99.1 Å². The van der Waals surface area contributed by atoms with Gasteiger partial charge in [-0.15, -0.1) is 0 Å². The molecule has 40 heavy (non-hydrogen) atoms. The smallest absolute Gasteiger partial charge is 0.407 e. The number of aromatic nitrogens is 2. The average Bonchev–Trinajstić information content (AvgIpc) is 3.23. The molecule has 3 atom stereocenters. The molecule has 1 aromatic carbocycles. The number of hydrogen-bond donors (Lipinski definition) is 3. The fourth-order valence-electron chi connectivity index (χ4n) is 7.04. The molecule has 4 heterocycles. The number of fused-ring (bicyclic) bond motifs is 1. The Balaban J connectivity index is 1.25. The monoisotopic (exact) mass is 554 g/mol. The van der Waals surface area contributed by atoms with E-state index in [4.69, 9.17) is 0 Å². The Morgan fingerprint density at radius 2 is 1.82 bits per heavy atom. The Kier molecular flexibility index (Phi) is 7.80. The lowest BCUT2D eigenvalue weighted by molar-refractivity contribution is -0.134. The molecule has 2 aromatic rings. The van der Waals surface area contributed by atoms with Crippen molar-refractivity contribution in [2.45, 2.75) is 64.5 Å². The summed E-state index contributed by atoms with van der Waals surface area (Å²) in [5.41, 5.74) is 2.54. The van der Waals surface area contributed by atoms with Gasteiger partial charge in [-0.1, -0.05) is 20.8 Å². The fraction of sp³-hybridized carbons (Fsp3) is 0.655. The van der Waals surface area contributed by atoms with Crippen molar-refractivity contribution in [2.24, 2.45) is 18.4 Å². The van der Waals surface area contributed by atoms with Crippen LogP contribution in [-0.2, 0) is 16.6 Å². The fourth-order valence-corrected chi connectivity index (χ4v) is 7.04. The highest BCUT2D eigenvalue weighted by Crippen LogP contribution is 2.35. The maximum atomic E-state index is 12.5. The SMILES string of the molecule is Cn1nc(C2CCC(=O)NC2=O)c2ccc(N3CCC(CN4CCN(C(=O)O)C(C(C)(C)C)[C@H]4CO)CC3)cc21. The molecule has 3 amide bonds. The van der Waals surface area contributed by atoms with Gasteiger partial charge in [0.1, 0.15) is 0 Å². The van der Waals surface area contributed by atoms with Crippen molar-refractivity contribution in [3.8, 4) is 0 Å². The summed E-state index contributed by atoms with van der Waals surface area (Å²) in [4.78, 5) is 42.2. The van der Waals surface area contributed by atoms with Crippen molar-refractivity contribution in [2.75, 3.05) is 44.2 Å². The van der Waals surface area contributed by atoms with Crippen LogP contribution >= 0.6 is 0 Å². The van der Waals surface area contributed by atoms with E-state index in [0.29, 0.717) is 31.8 Å². The predicted octanol–water partition coefficient (Wildman–Crippen LogP) is 2.38. The summed E-state index contributed by atoms with van der Waals surface area (Å²) in [6.45, 7) is 9.85. The number of rotatable bonds is 5. The standard InChI is InChI=1S/C29H42N6O5/c1-29(2,3)26-23(17-36)34(13-14-35(26)28(39)40)16-18-9-11-33(12-10-18)19-5-6-20-22(15-19)32(4)31-25(20)21-7-8-24(37)30-27(21)38/h5-6,15,18,21,23,26,36H,7-14,16-17H2,1-4H3,(H,39,40)(H,30,37,38)/t21?,23-,26?/m1/s1. The average molecular weight is 555 g/mol. The van der Waals surface area contributed by atoms with Crippen molar-refractivity contribution in [1.82, 2.24) is 24.9 Å². The lowest BCUT2D eigenvalue weighted by Gasteiger charge is -2.52. The van der Waals surface area contributed by atoms with Crippen LogP contribution in [0.3, 0.4) is 0 Å². The number of amides is 3. The molecule has 11 heteroatoms. The molecule has 0 spiro atoms. The van der Waals surface area contributed by atoms with Crippen molar-refractivity contribution < 1.29 is 24.6 Å². The van der Waals surface area contributed by atoms with Crippen LogP contribution in [0.4, 0.5) is 10.5 Å².